The molecular formula is C57H40N4. The summed E-state index contributed by atoms with van der Waals surface area (Å²) in [6.45, 7) is 4.72. The van der Waals surface area contributed by atoms with Gasteiger partial charge in [0, 0.05) is 32.8 Å². The Morgan fingerprint density at radius 1 is 0.426 bits per heavy atom. The lowest BCUT2D eigenvalue weighted by atomic mass is 9.73. The minimum absolute atomic E-state index is 0.240. The van der Waals surface area contributed by atoms with Crippen LogP contribution in [0.1, 0.15) is 25.0 Å². The average Bonchev–Trinajstić information content (AvgIpc) is 3.67. The second-order valence-electron chi connectivity index (χ2n) is 16.6. The van der Waals surface area contributed by atoms with Crippen LogP contribution in [0.3, 0.4) is 0 Å². The van der Waals surface area contributed by atoms with Gasteiger partial charge in [-0.1, -0.05) is 172 Å². The summed E-state index contributed by atoms with van der Waals surface area (Å²) >= 11 is 0. The van der Waals surface area contributed by atoms with Crippen molar-refractivity contribution in [3.8, 4) is 39.5 Å². The number of benzene rings is 9. The van der Waals surface area contributed by atoms with Crippen molar-refractivity contribution >= 4 is 60.5 Å². The Kier molecular flexibility index (Phi) is 7.85. The summed E-state index contributed by atoms with van der Waals surface area (Å²) in [6.07, 6.45) is 0. The van der Waals surface area contributed by atoms with E-state index in [-0.39, 0.29) is 5.41 Å². The third kappa shape index (κ3) is 5.46. The van der Waals surface area contributed by atoms with E-state index in [4.69, 9.17) is 9.97 Å². The van der Waals surface area contributed by atoms with Crippen molar-refractivity contribution < 1.29 is 0 Å². The van der Waals surface area contributed by atoms with E-state index in [1.54, 1.807) is 0 Å². The molecule has 0 amide bonds. The lowest BCUT2D eigenvalue weighted by Crippen LogP contribution is -2.30. The van der Waals surface area contributed by atoms with Gasteiger partial charge < -0.3 is 4.90 Å². The zero-order valence-corrected chi connectivity index (χ0v) is 33.9. The van der Waals surface area contributed by atoms with Crippen molar-refractivity contribution in [1.82, 2.24) is 14.5 Å². The van der Waals surface area contributed by atoms with Crippen LogP contribution >= 0.6 is 0 Å². The molecule has 288 valence electrons. The molecule has 0 atom stereocenters. The molecule has 4 heteroatoms. The molecule has 0 spiro atoms. The van der Waals surface area contributed by atoms with E-state index < -0.39 is 0 Å². The number of anilines is 3. The van der Waals surface area contributed by atoms with Gasteiger partial charge in [-0.05, 0) is 92.7 Å². The van der Waals surface area contributed by atoms with E-state index in [9.17, 15) is 0 Å². The maximum Gasteiger partial charge on any atom is 0.235 e. The predicted octanol–water partition coefficient (Wildman–Crippen LogP) is 15.0. The van der Waals surface area contributed by atoms with Crippen LogP contribution in [-0.4, -0.2) is 14.5 Å². The molecule has 9 aromatic carbocycles. The first kappa shape index (κ1) is 35.2. The Morgan fingerprint density at radius 3 is 1.90 bits per heavy atom. The van der Waals surface area contributed by atoms with Crippen molar-refractivity contribution in [3.63, 3.8) is 0 Å². The largest absolute Gasteiger partial charge is 0.310 e. The molecule has 61 heavy (non-hydrogen) atoms. The molecule has 11 aromatic rings. The second kappa shape index (κ2) is 13.6. The van der Waals surface area contributed by atoms with Gasteiger partial charge in [0.1, 0.15) is 0 Å². The Hall–Kier alpha value is -7.82. The molecule has 0 saturated heterocycles. The molecule has 1 aliphatic heterocycles. The fraction of sp³-hybridized carbons (Fsp3) is 0.0526. The highest BCUT2D eigenvalue weighted by Crippen LogP contribution is 2.53. The summed E-state index contributed by atoms with van der Waals surface area (Å²) in [5.41, 5.74) is 15.7. The number of hydrogen-bond donors (Lipinski definition) is 0. The topological polar surface area (TPSA) is 34.0 Å². The van der Waals surface area contributed by atoms with Crippen molar-refractivity contribution in [2.24, 2.45) is 0 Å². The van der Waals surface area contributed by atoms with E-state index in [0.29, 0.717) is 5.95 Å². The highest BCUT2D eigenvalue weighted by atomic mass is 15.2. The summed E-state index contributed by atoms with van der Waals surface area (Å²) in [6, 6.07) is 74.2. The normalized spacial score (nSPS) is 13.2. The molecule has 3 heterocycles. The third-order valence-electron chi connectivity index (χ3n) is 12.8. The average molecular weight is 781 g/mol. The highest BCUT2D eigenvalue weighted by Gasteiger charge is 2.37. The number of para-hydroxylation sites is 3. The molecule has 0 fully saturated rings. The second-order valence-corrected chi connectivity index (χ2v) is 16.6. The van der Waals surface area contributed by atoms with E-state index >= 15 is 0 Å². The first-order chi connectivity index (χ1) is 30.0. The van der Waals surface area contributed by atoms with Gasteiger partial charge in [0.2, 0.25) is 5.95 Å². The summed E-state index contributed by atoms with van der Waals surface area (Å²) in [5, 5.41) is 5.81. The lowest BCUT2D eigenvalue weighted by Gasteiger charge is -2.42. The van der Waals surface area contributed by atoms with E-state index in [2.05, 4.69) is 230 Å². The number of rotatable bonds is 5. The van der Waals surface area contributed by atoms with Crippen LogP contribution in [0, 0.1) is 0 Å². The monoisotopic (exact) mass is 780 g/mol. The van der Waals surface area contributed by atoms with Gasteiger partial charge in [0.05, 0.1) is 33.6 Å². The Labute approximate surface area is 354 Å². The van der Waals surface area contributed by atoms with Crippen LogP contribution in [0.25, 0.3) is 82.9 Å². The van der Waals surface area contributed by atoms with Crippen LogP contribution in [0.2, 0.25) is 0 Å². The third-order valence-corrected chi connectivity index (χ3v) is 12.8. The minimum atomic E-state index is -0.240. The number of hydrogen-bond acceptors (Lipinski definition) is 3. The molecule has 0 aliphatic carbocycles. The van der Waals surface area contributed by atoms with Gasteiger partial charge in [-0.3, -0.25) is 4.57 Å². The molecule has 0 saturated carbocycles. The maximum atomic E-state index is 5.48. The smallest absolute Gasteiger partial charge is 0.235 e. The number of nitrogens with zero attached hydrogens (tertiary/aromatic N) is 4. The van der Waals surface area contributed by atoms with E-state index in [0.717, 1.165) is 38.9 Å². The zero-order chi connectivity index (χ0) is 40.7. The van der Waals surface area contributed by atoms with Gasteiger partial charge in [-0.25, -0.2) is 9.97 Å². The first-order valence-corrected chi connectivity index (χ1v) is 21.0. The standard InChI is InChI=1S/C57H40N4/c1-57(2)46-24-12-14-26-49(46)60(42-19-7-4-8-20-42)50-34-33-41(36-47(50)57)44-23-15-27-51-54(44)53-43-21-10-9-18-39(43)32-35-52(53)61(51)56-58-48-25-13-11-22-45(48)55(59-56)40-30-28-38(29-31-40)37-16-5-3-6-17-37/h3-36H,1-2H3. The fourth-order valence-electron chi connectivity index (χ4n) is 9.85. The highest BCUT2D eigenvalue weighted by molar-refractivity contribution is 6.25. The Morgan fingerprint density at radius 2 is 1.07 bits per heavy atom. The van der Waals surface area contributed by atoms with Crippen LogP contribution in [0.5, 0.6) is 0 Å². The molecule has 4 nitrogen and oxygen atoms in total. The van der Waals surface area contributed by atoms with Crippen molar-refractivity contribution in [1.29, 1.82) is 0 Å². The van der Waals surface area contributed by atoms with Gasteiger partial charge in [-0.2, -0.15) is 0 Å². The Bertz CT molecular complexity index is 3490. The zero-order valence-electron chi connectivity index (χ0n) is 33.9. The lowest BCUT2D eigenvalue weighted by molar-refractivity contribution is 0.632. The minimum Gasteiger partial charge on any atom is -0.310 e. The van der Waals surface area contributed by atoms with Gasteiger partial charge in [0.15, 0.2) is 0 Å². The fourth-order valence-corrected chi connectivity index (χ4v) is 9.85. The molecule has 12 rings (SSSR count). The van der Waals surface area contributed by atoms with Crippen molar-refractivity contribution in [2.45, 2.75) is 19.3 Å². The van der Waals surface area contributed by atoms with Gasteiger partial charge in [-0.15, -0.1) is 0 Å². The maximum absolute atomic E-state index is 5.48. The van der Waals surface area contributed by atoms with Crippen LogP contribution in [0.15, 0.2) is 206 Å². The quantitative estimate of drug-likeness (QED) is 0.174. The number of fused-ring (bicyclic) bond motifs is 8. The van der Waals surface area contributed by atoms with Crippen LogP contribution in [0.4, 0.5) is 17.1 Å². The summed E-state index contributed by atoms with van der Waals surface area (Å²) < 4.78 is 2.28. The van der Waals surface area contributed by atoms with Gasteiger partial charge in [0.25, 0.3) is 0 Å². The molecular weight excluding hydrogens is 741 g/mol. The molecule has 0 N–H and O–H groups in total. The molecule has 0 unspecified atom stereocenters. The predicted molar refractivity (Wildman–Crippen MR) is 255 cm³/mol. The van der Waals surface area contributed by atoms with E-state index in [1.807, 2.05) is 0 Å². The van der Waals surface area contributed by atoms with Crippen LogP contribution in [-0.2, 0) is 5.41 Å². The first-order valence-electron chi connectivity index (χ1n) is 21.0. The summed E-state index contributed by atoms with van der Waals surface area (Å²) in [5.74, 6) is 0.648. The van der Waals surface area contributed by atoms with Crippen LogP contribution < -0.4 is 4.90 Å². The van der Waals surface area contributed by atoms with Crippen molar-refractivity contribution in [3.05, 3.63) is 217 Å². The summed E-state index contributed by atoms with van der Waals surface area (Å²) in [7, 11) is 0. The van der Waals surface area contributed by atoms with E-state index in [1.165, 1.54) is 66.3 Å². The molecule has 0 bridgehead atoms. The Balaban J connectivity index is 1.10. The van der Waals surface area contributed by atoms with Gasteiger partial charge >= 0.3 is 0 Å². The van der Waals surface area contributed by atoms with Crippen molar-refractivity contribution in [2.75, 3.05) is 4.90 Å². The summed E-state index contributed by atoms with van der Waals surface area (Å²) in [4.78, 5) is 13.2. The molecule has 1 aliphatic rings. The SMILES string of the molecule is CC1(C)c2ccccc2N(c2ccccc2)c2ccc(-c3cccc4c3c3c5ccccc5ccc3n4-c3nc(-c4ccc(-c5ccccc5)cc4)c4ccccc4n3)cc21. The molecule has 0 radical (unpaired) electrons. The molecule has 2 aromatic heterocycles. The number of aromatic nitrogens is 3.